The number of hydrogen-bond donors (Lipinski definition) is 1. The van der Waals surface area contributed by atoms with Gasteiger partial charge in [-0.1, -0.05) is 24.6 Å². The van der Waals surface area contributed by atoms with Crippen molar-refractivity contribution in [2.24, 2.45) is 5.92 Å². The van der Waals surface area contributed by atoms with Crippen LogP contribution in [-0.2, 0) is 10.0 Å². The molecule has 124 valence electrons. The van der Waals surface area contributed by atoms with Crippen LogP contribution in [0.5, 0.6) is 0 Å². The summed E-state index contributed by atoms with van der Waals surface area (Å²) in [6, 6.07) is 3.85. The molecule has 0 saturated carbocycles. The first-order chi connectivity index (χ1) is 10.3. The fourth-order valence-electron chi connectivity index (χ4n) is 3.29. The normalized spacial score (nSPS) is 17.8. The van der Waals surface area contributed by atoms with Crippen molar-refractivity contribution in [1.29, 1.82) is 0 Å². The minimum Gasteiger partial charge on any atom is -0.302 e. The van der Waals surface area contributed by atoms with E-state index in [2.05, 4.69) is 16.5 Å². The topological polar surface area (TPSA) is 49.4 Å². The van der Waals surface area contributed by atoms with E-state index in [4.69, 9.17) is 0 Å². The van der Waals surface area contributed by atoms with Crippen LogP contribution in [0.25, 0.3) is 0 Å². The van der Waals surface area contributed by atoms with Crippen molar-refractivity contribution in [2.45, 2.75) is 45.4 Å². The predicted molar refractivity (Wildman–Crippen MR) is 90.7 cm³/mol. The number of rotatable bonds is 5. The molecule has 1 aromatic carbocycles. The van der Waals surface area contributed by atoms with Crippen LogP contribution in [0.4, 0.5) is 0 Å². The molecule has 0 spiro atoms. The molecule has 0 unspecified atom stereocenters. The van der Waals surface area contributed by atoms with Gasteiger partial charge in [0, 0.05) is 13.1 Å². The molecule has 0 bridgehead atoms. The van der Waals surface area contributed by atoms with E-state index in [1.54, 1.807) is 0 Å². The smallest absolute Gasteiger partial charge is 0.241 e. The predicted octanol–water partition coefficient (Wildman–Crippen LogP) is 2.62. The Hall–Kier alpha value is -0.910. The van der Waals surface area contributed by atoms with Gasteiger partial charge in [-0.2, -0.15) is 0 Å². The van der Waals surface area contributed by atoms with E-state index in [1.807, 2.05) is 32.9 Å². The molecule has 0 aliphatic carbocycles. The lowest BCUT2D eigenvalue weighted by atomic mass is 9.99. The zero-order valence-electron chi connectivity index (χ0n) is 14.1. The molecular weight excluding hydrogens is 296 g/mol. The third-order valence-corrected chi connectivity index (χ3v) is 6.24. The summed E-state index contributed by atoms with van der Waals surface area (Å²) < 4.78 is 27.9. The Kier molecular flexibility index (Phi) is 5.64. The molecule has 1 aliphatic heterocycles. The van der Waals surface area contributed by atoms with E-state index < -0.39 is 10.0 Å². The van der Waals surface area contributed by atoms with Gasteiger partial charge < -0.3 is 4.90 Å². The van der Waals surface area contributed by atoms with E-state index in [0.29, 0.717) is 11.4 Å². The Bertz CT molecular complexity index is 595. The van der Waals surface area contributed by atoms with Gasteiger partial charge in [-0.3, -0.25) is 0 Å². The van der Waals surface area contributed by atoms with Crippen molar-refractivity contribution in [3.8, 4) is 0 Å². The van der Waals surface area contributed by atoms with Crippen molar-refractivity contribution in [1.82, 2.24) is 9.62 Å². The van der Waals surface area contributed by atoms with E-state index in [1.165, 1.54) is 12.8 Å². The Morgan fingerprint density at radius 3 is 2.23 bits per heavy atom. The van der Waals surface area contributed by atoms with Crippen LogP contribution in [0.1, 0.15) is 36.5 Å². The van der Waals surface area contributed by atoms with Crippen molar-refractivity contribution in [3.63, 3.8) is 0 Å². The molecule has 2 rings (SSSR count). The van der Waals surface area contributed by atoms with Crippen molar-refractivity contribution in [2.75, 3.05) is 26.2 Å². The first kappa shape index (κ1) is 17.4. The Morgan fingerprint density at radius 1 is 1.14 bits per heavy atom. The summed E-state index contributed by atoms with van der Waals surface area (Å²) in [6.07, 6.45) is 2.42. The van der Waals surface area contributed by atoms with Gasteiger partial charge in [-0.05, 0) is 63.7 Å². The van der Waals surface area contributed by atoms with Crippen molar-refractivity contribution >= 4 is 10.0 Å². The zero-order chi connectivity index (χ0) is 16.3. The summed E-state index contributed by atoms with van der Waals surface area (Å²) in [5.74, 6) is 0.797. The Balaban J connectivity index is 1.97. The average Bonchev–Trinajstić information content (AvgIpc) is 2.39. The third-order valence-electron chi connectivity index (χ3n) is 4.47. The highest BCUT2D eigenvalue weighted by atomic mass is 32.2. The monoisotopic (exact) mass is 324 g/mol. The first-order valence-electron chi connectivity index (χ1n) is 8.09. The summed E-state index contributed by atoms with van der Waals surface area (Å²) in [5.41, 5.74) is 2.73. The van der Waals surface area contributed by atoms with Crippen LogP contribution in [0.2, 0.25) is 0 Å². The maximum Gasteiger partial charge on any atom is 0.241 e. The number of hydrogen-bond acceptors (Lipinski definition) is 3. The highest BCUT2D eigenvalue weighted by Gasteiger charge is 2.20. The molecule has 1 aromatic rings. The van der Waals surface area contributed by atoms with Gasteiger partial charge in [0.2, 0.25) is 10.0 Å². The van der Waals surface area contributed by atoms with Crippen LogP contribution < -0.4 is 4.72 Å². The number of nitrogens with zero attached hydrogens (tertiary/aromatic N) is 1. The summed E-state index contributed by atoms with van der Waals surface area (Å²) >= 11 is 0. The molecule has 0 aromatic heterocycles. The number of aryl methyl sites for hydroxylation is 3. The van der Waals surface area contributed by atoms with E-state index in [0.717, 1.165) is 42.2 Å². The lowest BCUT2D eigenvalue weighted by Crippen LogP contribution is -2.39. The molecule has 0 amide bonds. The van der Waals surface area contributed by atoms with Crippen LogP contribution in [-0.4, -0.2) is 39.5 Å². The molecule has 1 saturated heterocycles. The summed E-state index contributed by atoms with van der Waals surface area (Å²) in [6.45, 7) is 11.4. The summed E-state index contributed by atoms with van der Waals surface area (Å²) in [4.78, 5) is 2.78. The molecule has 0 atom stereocenters. The van der Waals surface area contributed by atoms with Crippen molar-refractivity contribution in [3.05, 3.63) is 28.8 Å². The molecule has 1 fully saturated rings. The molecule has 1 heterocycles. The number of nitrogens with one attached hydrogen (secondary N) is 1. The molecule has 5 heteroatoms. The van der Waals surface area contributed by atoms with Gasteiger partial charge in [-0.25, -0.2) is 13.1 Å². The van der Waals surface area contributed by atoms with Gasteiger partial charge in [0.1, 0.15) is 0 Å². The third kappa shape index (κ3) is 4.31. The molecule has 1 aliphatic rings. The molecule has 1 N–H and O–H groups in total. The number of sulfonamides is 1. The first-order valence-corrected chi connectivity index (χ1v) is 9.58. The Morgan fingerprint density at radius 2 is 1.68 bits per heavy atom. The van der Waals surface area contributed by atoms with Crippen molar-refractivity contribution < 1.29 is 8.42 Å². The minimum absolute atomic E-state index is 0.436. The van der Waals surface area contributed by atoms with E-state index in [9.17, 15) is 8.42 Å². The van der Waals surface area contributed by atoms with Gasteiger partial charge >= 0.3 is 0 Å². The lowest BCUT2D eigenvalue weighted by Gasteiger charge is -2.30. The second-order valence-corrected chi connectivity index (χ2v) is 8.35. The van der Waals surface area contributed by atoms with Crippen LogP contribution in [0, 0.1) is 26.7 Å². The van der Waals surface area contributed by atoms with Crippen LogP contribution >= 0.6 is 0 Å². The highest BCUT2D eigenvalue weighted by molar-refractivity contribution is 7.89. The van der Waals surface area contributed by atoms with Crippen LogP contribution in [0.3, 0.4) is 0 Å². The lowest BCUT2D eigenvalue weighted by molar-refractivity contribution is 0.195. The number of likely N-dealkylation sites (tertiary alicyclic amines) is 1. The summed E-state index contributed by atoms with van der Waals surface area (Å²) in [5, 5.41) is 0. The standard InChI is InChI=1S/C17H28N2O2S/c1-13-5-8-19(9-6-13)10-7-18-22(20,21)17-15(3)11-14(2)12-16(17)4/h11-13,18H,5-10H2,1-4H3. The fourth-order valence-corrected chi connectivity index (χ4v) is 4.76. The maximum absolute atomic E-state index is 12.5. The number of piperidine rings is 1. The molecule has 22 heavy (non-hydrogen) atoms. The van der Waals surface area contributed by atoms with Gasteiger partial charge in [0.05, 0.1) is 4.90 Å². The maximum atomic E-state index is 12.5. The fraction of sp³-hybridized carbons (Fsp3) is 0.647. The SMILES string of the molecule is Cc1cc(C)c(S(=O)(=O)NCCN2CCC(C)CC2)c(C)c1. The number of benzene rings is 1. The van der Waals surface area contributed by atoms with Gasteiger partial charge in [0.15, 0.2) is 0 Å². The molecular formula is C17H28N2O2S. The molecule has 0 radical (unpaired) electrons. The van der Waals surface area contributed by atoms with E-state index >= 15 is 0 Å². The van der Waals surface area contributed by atoms with E-state index in [-0.39, 0.29) is 0 Å². The minimum atomic E-state index is -3.43. The molecule has 4 nitrogen and oxygen atoms in total. The largest absolute Gasteiger partial charge is 0.302 e. The van der Waals surface area contributed by atoms with Gasteiger partial charge in [-0.15, -0.1) is 0 Å². The highest BCUT2D eigenvalue weighted by Crippen LogP contribution is 2.21. The zero-order valence-corrected chi connectivity index (χ0v) is 15.0. The quantitative estimate of drug-likeness (QED) is 0.906. The van der Waals surface area contributed by atoms with Crippen LogP contribution in [0.15, 0.2) is 17.0 Å². The Labute approximate surface area is 135 Å². The summed E-state index contributed by atoms with van der Waals surface area (Å²) in [7, 11) is -3.43. The average molecular weight is 324 g/mol. The van der Waals surface area contributed by atoms with Gasteiger partial charge in [0.25, 0.3) is 0 Å². The second-order valence-electron chi connectivity index (χ2n) is 6.65. The second kappa shape index (κ2) is 7.11.